The van der Waals surface area contributed by atoms with Gasteiger partial charge in [-0.3, -0.25) is 0 Å². The molecule has 1 rings (SSSR count). The van der Waals surface area contributed by atoms with Gasteiger partial charge >= 0.3 is 0 Å². The Morgan fingerprint density at radius 1 is 1.07 bits per heavy atom. The summed E-state index contributed by atoms with van der Waals surface area (Å²) in [5.41, 5.74) is 1.00. The lowest BCUT2D eigenvalue weighted by molar-refractivity contribution is 0.173. The minimum atomic E-state index is -0.291. The zero-order valence-corrected chi connectivity index (χ0v) is 11.3. The molecule has 0 aliphatic rings. The van der Waals surface area contributed by atoms with Gasteiger partial charge in [0.15, 0.2) is 15.2 Å². The monoisotopic (exact) mass is 221 g/mol. The summed E-state index contributed by atoms with van der Waals surface area (Å²) in [5, 5.41) is 12.2. The zero-order chi connectivity index (χ0) is 11.5. The van der Waals surface area contributed by atoms with Crippen molar-refractivity contribution in [1.29, 1.82) is 0 Å². The van der Waals surface area contributed by atoms with Crippen LogP contribution in [0.3, 0.4) is 0 Å². The number of aliphatic hydroxyl groups is 1. The minimum Gasteiger partial charge on any atom is -0.388 e. The first-order chi connectivity index (χ1) is 7.26. The molecule has 1 nitrogen and oxygen atoms in total. The Morgan fingerprint density at radius 3 is 1.93 bits per heavy atom. The topological polar surface area (TPSA) is 20.2 Å². The summed E-state index contributed by atoms with van der Waals surface area (Å²) >= 11 is 0.815. The Labute approximate surface area is 100 Å². The highest BCUT2D eigenvalue weighted by atomic mass is 27.1. The van der Waals surface area contributed by atoms with Gasteiger partial charge in [0.25, 0.3) is 0 Å². The summed E-state index contributed by atoms with van der Waals surface area (Å²) in [6, 6.07) is 9.70. The molecule has 1 aromatic carbocycles. The number of hydrogen-bond donors (Lipinski definition) is 1. The van der Waals surface area contributed by atoms with Gasteiger partial charge in [0.05, 0.1) is 6.10 Å². The van der Waals surface area contributed by atoms with Gasteiger partial charge < -0.3 is 5.11 Å². The van der Waals surface area contributed by atoms with Gasteiger partial charge in [0, 0.05) is 0 Å². The average Bonchev–Trinajstić information content (AvgIpc) is 2.31. The van der Waals surface area contributed by atoms with Crippen LogP contribution in [0.25, 0.3) is 0 Å². The summed E-state index contributed by atoms with van der Waals surface area (Å²) in [5.74, 6) is 0. The summed E-state index contributed by atoms with van der Waals surface area (Å²) in [4.78, 5) is 0. The summed E-state index contributed by atoms with van der Waals surface area (Å²) < 4.78 is 0. The molecule has 1 radical (unpaired) electrons. The lowest BCUT2D eigenvalue weighted by Gasteiger charge is -2.05. The largest absolute Gasteiger partial charge is 0.388 e. The fraction of sp³-hybridized carbons (Fsp3) is 0.538. The zero-order valence-electron chi connectivity index (χ0n) is 10.1. The van der Waals surface area contributed by atoms with Gasteiger partial charge in [-0.25, -0.2) is 0 Å². The normalized spacial score (nSPS) is 11.2. The van der Waals surface area contributed by atoms with E-state index < -0.39 is 0 Å². The minimum absolute atomic E-state index is 0.291. The Bertz CT molecular complexity index is 221. The highest BCUT2D eigenvalue weighted by Gasteiger charge is 2.00. The third-order valence-corrected chi connectivity index (χ3v) is 3.30. The Hall–Kier alpha value is -0.288. The first-order valence-electron chi connectivity index (χ1n) is 5.80. The highest BCUT2D eigenvalue weighted by Crippen LogP contribution is 2.14. The average molecular weight is 221 g/mol. The Morgan fingerprint density at radius 2 is 1.60 bits per heavy atom. The van der Waals surface area contributed by atoms with Crippen molar-refractivity contribution in [3.63, 3.8) is 0 Å². The molecule has 15 heavy (non-hydrogen) atoms. The Kier molecular flexibility index (Phi) is 10.0. The predicted molar refractivity (Wildman–Crippen MR) is 68.4 cm³/mol. The lowest BCUT2D eigenvalue weighted by Crippen LogP contribution is -1.93. The van der Waals surface area contributed by atoms with Crippen molar-refractivity contribution in [2.75, 3.05) is 0 Å². The molecular weight excluding hydrogens is 199 g/mol. The van der Waals surface area contributed by atoms with E-state index in [1.165, 1.54) is 10.6 Å². The first kappa shape index (κ1) is 14.7. The van der Waals surface area contributed by atoms with E-state index in [0.717, 1.165) is 27.2 Å². The van der Waals surface area contributed by atoms with Crippen molar-refractivity contribution in [1.82, 2.24) is 0 Å². The van der Waals surface area contributed by atoms with E-state index in [9.17, 15) is 5.11 Å². The van der Waals surface area contributed by atoms with E-state index in [0.29, 0.717) is 0 Å². The molecule has 83 valence electrons. The van der Waals surface area contributed by atoms with E-state index in [-0.39, 0.29) is 6.10 Å². The van der Waals surface area contributed by atoms with Crippen LogP contribution >= 0.6 is 0 Å². The fourth-order valence-electron chi connectivity index (χ4n) is 1.20. The molecule has 1 unspecified atom stereocenters. The number of hydrogen-bond acceptors (Lipinski definition) is 1. The van der Waals surface area contributed by atoms with Crippen molar-refractivity contribution in [3.8, 4) is 0 Å². The number of rotatable bonds is 4. The molecule has 0 saturated heterocycles. The van der Waals surface area contributed by atoms with Crippen LogP contribution in [0.2, 0.25) is 10.6 Å². The quantitative estimate of drug-likeness (QED) is 0.769. The fourth-order valence-corrected chi connectivity index (χ4v) is 1.78. The number of aliphatic hydroxyl groups excluding tert-OH is 1. The van der Waals surface area contributed by atoms with Crippen molar-refractivity contribution in [2.45, 2.75) is 43.9 Å². The van der Waals surface area contributed by atoms with Gasteiger partial charge in [0.2, 0.25) is 0 Å². The second-order valence-electron chi connectivity index (χ2n) is 3.44. The molecule has 0 aliphatic heterocycles. The van der Waals surface area contributed by atoms with E-state index in [4.69, 9.17) is 0 Å². The van der Waals surface area contributed by atoms with Gasteiger partial charge in [-0.1, -0.05) is 51.1 Å². The molecule has 0 bridgehead atoms. The molecule has 1 N–H and O–H groups in total. The third kappa shape index (κ3) is 7.62. The number of benzene rings is 1. The van der Waals surface area contributed by atoms with Gasteiger partial charge in [-0.2, -0.15) is 0 Å². The highest BCUT2D eigenvalue weighted by molar-refractivity contribution is 6.34. The molecule has 0 amide bonds. The van der Waals surface area contributed by atoms with Crippen molar-refractivity contribution in [3.05, 3.63) is 35.9 Å². The van der Waals surface area contributed by atoms with E-state index >= 15 is 0 Å². The molecule has 1 aromatic rings. The second kappa shape index (κ2) is 10.2. The van der Waals surface area contributed by atoms with Crippen molar-refractivity contribution < 1.29 is 5.11 Å². The molecule has 1 atom stereocenters. The van der Waals surface area contributed by atoms with Gasteiger partial charge in [0.1, 0.15) is 0 Å². The maximum atomic E-state index is 9.33. The standard InChI is InChI=1S/C9H12O.2C2H5.Al/c1-2-9(10)8-6-4-3-5-7-8;2*1-2;/h3-7,9-10H,2H2,1H3;2*1H2,2H3;. The smallest absolute Gasteiger partial charge is 0.198 e. The van der Waals surface area contributed by atoms with Crippen LogP contribution in [-0.4, -0.2) is 20.3 Å². The van der Waals surface area contributed by atoms with Crippen molar-refractivity contribution in [2.24, 2.45) is 0 Å². The summed E-state index contributed by atoms with van der Waals surface area (Å²) in [7, 11) is 0. The van der Waals surface area contributed by atoms with Crippen LogP contribution in [0, 0.1) is 0 Å². The lowest BCUT2D eigenvalue weighted by atomic mass is 10.1. The maximum absolute atomic E-state index is 9.33. The van der Waals surface area contributed by atoms with Crippen LogP contribution in [-0.2, 0) is 0 Å². The predicted octanol–water partition coefficient (Wildman–Crippen LogP) is 3.70. The first-order valence-corrected chi connectivity index (χ1v) is 7.44. The van der Waals surface area contributed by atoms with Crippen LogP contribution < -0.4 is 0 Å². The molecule has 2 heteroatoms. The summed E-state index contributed by atoms with van der Waals surface area (Å²) in [6.45, 7) is 6.47. The molecule has 0 fully saturated rings. The molecule has 0 aliphatic carbocycles. The van der Waals surface area contributed by atoms with Crippen LogP contribution in [0.4, 0.5) is 0 Å². The van der Waals surface area contributed by atoms with Gasteiger partial charge in [-0.15, -0.1) is 10.6 Å². The second-order valence-corrected chi connectivity index (χ2v) is 5.65. The third-order valence-electron chi connectivity index (χ3n) is 2.15. The van der Waals surface area contributed by atoms with E-state index in [1.54, 1.807) is 0 Å². The Balaban J connectivity index is 0.000000336. The van der Waals surface area contributed by atoms with Crippen molar-refractivity contribution >= 4 is 15.2 Å². The molecule has 0 aromatic heterocycles. The van der Waals surface area contributed by atoms with Crippen LogP contribution in [0.15, 0.2) is 30.3 Å². The maximum Gasteiger partial charge on any atom is 0.198 e. The summed E-state index contributed by atoms with van der Waals surface area (Å²) in [6.07, 6.45) is 0.491. The van der Waals surface area contributed by atoms with Gasteiger partial charge in [-0.05, 0) is 12.0 Å². The van der Waals surface area contributed by atoms with E-state index in [2.05, 4.69) is 13.8 Å². The van der Waals surface area contributed by atoms with E-state index in [1.807, 2.05) is 37.3 Å². The molecule has 0 spiro atoms. The van der Waals surface area contributed by atoms with Crippen LogP contribution in [0.5, 0.6) is 0 Å². The SMILES string of the molecule is CCC(O)c1ccccc1.C[CH2][Al][CH2]C. The van der Waals surface area contributed by atoms with Crippen LogP contribution in [0.1, 0.15) is 38.9 Å². The molecule has 0 heterocycles. The molecule has 0 saturated carbocycles. The molecular formula is C13H22AlO.